The predicted octanol–water partition coefficient (Wildman–Crippen LogP) is 2.50. The van der Waals surface area contributed by atoms with Crippen molar-refractivity contribution in [1.82, 2.24) is 9.78 Å². The summed E-state index contributed by atoms with van der Waals surface area (Å²) in [4.78, 5) is 24.4. The first-order valence-corrected chi connectivity index (χ1v) is 7.71. The smallest absolute Gasteiger partial charge is 0.273 e. The number of nitrogens with zero attached hydrogens (tertiary/aromatic N) is 2. The molecule has 2 amide bonds. The van der Waals surface area contributed by atoms with Gasteiger partial charge in [0.05, 0.1) is 4.88 Å². The van der Waals surface area contributed by atoms with Crippen molar-refractivity contribution in [2.45, 2.75) is 0 Å². The highest BCUT2D eigenvalue weighted by Gasteiger charge is 2.15. The molecule has 0 aliphatic carbocycles. The van der Waals surface area contributed by atoms with Crippen molar-refractivity contribution in [3.63, 3.8) is 0 Å². The van der Waals surface area contributed by atoms with Crippen LogP contribution in [0.4, 0.5) is 5.69 Å². The fraction of sp³-hybridized carbons (Fsp3) is 0.0625. The standard InChI is InChI=1S/C16H14N4O2S/c1-20-13(9-12(19-20)14-3-2-8-23-14)16(22)18-11-6-4-10(5-7-11)15(17)21/h2-9H,1H3,(H2,17,21)(H,18,22). The third-order valence-electron chi connectivity index (χ3n) is 3.31. The second kappa shape index (κ2) is 6.05. The van der Waals surface area contributed by atoms with E-state index in [-0.39, 0.29) is 5.91 Å². The third-order valence-corrected chi connectivity index (χ3v) is 4.21. The van der Waals surface area contributed by atoms with Crippen LogP contribution in [0.25, 0.3) is 10.6 Å². The first-order chi connectivity index (χ1) is 11.0. The minimum absolute atomic E-state index is 0.269. The Hall–Kier alpha value is -2.93. The van der Waals surface area contributed by atoms with Crippen molar-refractivity contribution in [2.75, 3.05) is 5.32 Å². The lowest BCUT2D eigenvalue weighted by Gasteiger charge is -2.05. The molecule has 0 saturated heterocycles. The quantitative estimate of drug-likeness (QED) is 0.772. The third kappa shape index (κ3) is 3.14. The molecule has 2 heterocycles. The molecule has 0 saturated carbocycles. The monoisotopic (exact) mass is 326 g/mol. The van der Waals surface area contributed by atoms with Gasteiger partial charge in [-0.25, -0.2) is 0 Å². The van der Waals surface area contributed by atoms with Gasteiger partial charge >= 0.3 is 0 Å². The van der Waals surface area contributed by atoms with Gasteiger partial charge in [-0.2, -0.15) is 5.10 Å². The fourth-order valence-electron chi connectivity index (χ4n) is 2.14. The number of rotatable bonds is 4. The number of amides is 2. The lowest BCUT2D eigenvalue weighted by atomic mass is 10.2. The zero-order valence-electron chi connectivity index (χ0n) is 12.3. The highest BCUT2D eigenvalue weighted by molar-refractivity contribution is 7.13. The summed E-state index contributed by atoms with van der Waals surface area (Å²) in [6.07, 6.45) is 0. The Morgan fingerprint density at radius 3 is 2.57 bits per heavy atom. The number of carbonyl (C=O) groups excluding carboxylic acids is 2. The van der Waals surface area contributed by atoms with Crippen LogP contribution < -0.4 is 11.1 Å². The molecule has 6 nitrogen and oxygen atoms in total. The van der Waals surface area contributed by atoms with E-state index < -0.39 is 5.91 Å². The van der Waals surface area contributed by atoms with Crippen molar-refractivity contribution in [3.8, 4) is 10.6 Å². The first kappa shape index (κ1) is 15.0. The number of aryl methyl sites for hydroxylation is 1. The minimum Gasteiger partial charge on any atom is -0.366 e. The highest BCUT2D eigenvalue weighted by atomic mass is 32.1. The SMILES string of the molecule is Cn1nc(-c2cccs2)cc1C(=O)Nc1ccc(C(N)=O)cc1. The maximum atomic E-state index is 12.4. The van der Waals surface area contributed by atoms with Crippen molar-refractivity contribution in [1.29, 1.82) is 0 Å². The fourth-order valence-corrected chi connectivity index (χ4v) is 2.82. The molecule has 0 aliphatic rings. The van der Waals surface area contributed by atoms with Crippen LogP contribution in [0, 0.1) is 0 Å². The Morgan fingerprint density at radius 1 is 1.22 bits per heavy atom. The van der Waals surface area contributed by atoms with Gasteiger partial charge in [0, 0.05) is 18.3 Å². The molecule has 7 heteroatoms. The van der Waals surface area contributed by atoms with Gasteiger partial charge in [0.25, 0.3) is 5.91 Å². The van der Waals surface area contributed by atoms with Gasteiger partial charge in [0.1, 0.15) is 11.4 Å². The highest BCUT2D eigenvalue weighted by Crippen LogP contribution is 2.24. The minimum atomic E-state index is -0.505. The van der Waals surface area contributed by atoms with E-state index in [1.165, 1.54) is 0 Å². The number of benzene rings is 1. The van der Waals surface area contributed by atoms with Crippen LogP contribution in [0.3, 0.4) is 0 Å². The van der Waals surface area contributed by atoms with Crippen molar-refractivity contribution >= 4 is 28.8 Å². The van der Waals surface area contributed by atoms with E-state index in [1.54, 1.807) is 53.4 Å². The van der Waals surface area contributed by atoms with Gasteiger partial charge in [0.15, 0.2) is 0 Å². The predicted molar refractivity (Wildman–Crippen MR) is 89.4 cm³/mol. The topological polar surface area (TPSA) is 90.0 Å². The van der Waals surface area contributed by atoms with Gasteiger partial charge in [-0.15, -0.1) is 11.3 Å². The molecule has 0 radical (unpaired) electrons. The summed E-state index contributed by atoms with van der Waals surface area (Å²) >= 11 is 1.57. The van der Waals surface area contributed by atoms with Crippen LogP contribution in [0.1, 0.15) is 20.8 Å². The number of anilines is 1. The second-order valence-corrected chi connectivity index (χ2v) is 5.86. The Kier molecular flexibility index (Phi) is 3.94. The molecule has 0 bridgehead atoms. The van der Waals surface area contributed by atoms with E-state index in [2.05, 4.69) is 10.4 Å². The van der Waals surface area contributed by atoms with Gasteiger partial charge < -0.3 is 11.1 Å². The molecule has 0 aliphatic heterocycles. The molecule has 0 spiro atoms. The lowest BCUT2D eigenvalue weighted by Crippen LogP contribution is -2.16. The number of thiophene rings is 1. The van der Waals surface area contributed by atoms with E-state index in [4.69, 9.17) is 5.73 Å². The van der Waals surface area contributed by atoms with Crippen LogP contribution in [0.15, 0.2) is 47.8 Å². The summed E-state index contributed by atoms with van der Waals surface area (Å²) in [5.74, 6) is -0.773. The molecule has 23 heavy (non-hydrogen) atoms. The maximum Gasteiger partial charge on any atom is 0.273 e. The molecule has 1 aromatic carbocycles. The molecule has 3 aromatic rings. The summed E-state index contributed by atoms with van der Waals surface area (Å²) in [5.41, 5.74) is 7.37. The Labute approximate surface area is 136 Å². The summed E-state index contributed by atoms with van der Waals surface area (Å²) < 4.78 is 1.54. The Bertz CT molecular complexity index is 851. The van der Waals surface area contributed by atoms with E-state index in [0.717, 1.165) is 10.6 Å². The van der Waals surface area contributed by atoms with Gasteiger partial charge in [-0.3, -0.25) is 14.3 Å². The van der Waals surface area contributed by atoms with Crippen LogP contribution in [-0.4, -0.2) is 21.6 Å². The molecule has 0 atom stereocenters. The summed E-state index contributed by atoms with van der Waals surface area (Å²) in [5, 5.41) is 9.10. The van der Waals surface area contributed by atoms with Gasteiger partial charge in [-0.1, -0.05) is 6.07 Å². The number of primary amides is 1. The summed E-state index contributed by atoms with van der Waals surface area (Å²) in [6, 6.07) is 12.0. The van der Waals surface area contributed by atoms with Crippen molar-refractivity contribution in [2.24, 2.45) is 12.8 Å². The van der Waals surface area contributed by atoms with E-state index in [9.17, 15) is 9.59 Å². The van der Waals surface area contributed by atoms with Gasteiger partial charge in [0.2, 0.25) is 5.91 Å². The maximum absolute atomic E-state index is 12.4. The van der Waals surface area contributed by atoms with Gasteiger partial charge in [-0.05, 0) is 41.8 Å². The van der Waals surface area contributed by atoms with Crippen LogP contribution in [0.2, 0.25) is 0 Å². The summed E-state index contributed by atoms with van der Waals surface area (Å²) in [7, 11) is 1.72. The largest absolute Gasteiger partial charge is 0.366 e. The molecule has 3 rings (SSSR count). The van der Waals surface area contributed by atoms with Crippen LogP contribution in [0.5, 0.6) is 0 Å². The molecule has 0 unspecified atom stereocenters. The van der Waals surface area contributed by atoms with Crippen molar-refractivity contribution < 1.29 is 9.59 Å². The first-order valence-electron chi connectivity index (χ1n) is 6.84. The molecule has 2 aromatic heterocycles. The average molecular weight is 326 g/mol. The molecule has 116 valence electrons. The number of hydrogen-bond acceptors (Lipinski definition) is 4. The number of hydrogen-bond donors (Lipinski definition) is 2. The van der Waals surface area contributed by atoms with E-state index in [1.807, 2.05) is 17.5 Å². The molecular formula is C16H14N4O2S. The number of carbonyl (C=O) groups is 2. The Morgan fingerprint density at radius 2 is 1.96 bits per heavy atom. The Balaban J connectivity index is 1.79. The number of nitrogens with one attached hydrogen (secondary N) is 1. The van der Waals surface area contributed by atoms with Crippen molar-refractivity contribution in [3.05, 3.63) is 59.1 Å². The molecule has 0 fully saturated rings. The zero-order valence-corrected chi connectivity index (χ0v) is 13.1. The van der Waals surface area contributed by atoms with Crippen LogP contribution >= 0.6 is 11.3 Å². The molecule has 3 N–H and O–H groups in total. The molecular weight excluding hydrogens is 312 g/mol. The van der Waals surface area contributed by atoms with E-state index >= 15 is 0 Å². The summed E-state index contributed by atoms with van der Waals surface area (Å²) in [6.45, 7) is 0. The average Bonchev–Trinajstić information content (AvgIpc) is 3.16. The number of nitrogens with two attached hydrogens (primary N) is 1. The zero-order chi connectivity index (χ0) is 16.4. The second-order valence-electron chi connectivity index (χ2n) is 4.91. The van der Waals surface area contributed by atoms with Crippen LogP contribution in [-0.2, 0) is 7.05 Å². The van der Waals surface area contributed by atoms with E-state index in [0.29, 0.717) is 16.9 Å². The normalized spacial score (nSPS) is 10.5. The number of aromatic nitrogens is 2. The lowest BCUT2D eigenvalue weighted by molar-refractivity contribution is 0.0997.